The third kappa shape index (κ3) is 4.40. The van der Waals surface area contributed by atoms with Crippen molar-refractivity contribution in [3.8, 4) is 0 Å². The van der Waals surface area contributed by atoms with Crippen molar-refractivity contribution < 1.29 is 14.3 Å². The van der Waals surface area contributed by atoms with Crippen LogP contribution in [0.25, 0.3) is 0 Å². The third-order valence-corrected chi connectivity index (χ3v) is 5.64. The molecule has 2 aliphatic rings. The lowest BCUT2D eigenvalue weighted by molar-refractivity contribution is -0.124. The van der Waals surface area contributed by atoms with Crippen molar-refractivity contribution in [2.75, 3.05) is 11.9 Å². The van der Waals surface area contributed by atoms with Gasteiger partial charge in [0.05, 0.1) is 0 Å². The van der Waals surface area contributed by atoms with E-state index in [1.807, 2.05) is 0 Å². The van der Waals surface area contributed by atoms with Crippen molar-refractivity contribution in [2.45, 2.75) is 58.1 Å². The van der Waals surface area contributed by atoms with Crippen LogP contribution in [0, 0.1) is 11.8 Å². The van der Waals surface area contributed by atoms with Crippen molar-refractivity contribution in [3.05, 3.63) is 29.8 Å². The molecule has 1 aromatic rings. The van der Waals surface area contributed by atoms with E-state index in [0.29, 0.717) is 29.7 Å². The second-order valence-electron chi connectivity index (χ2n) is 7.42. The van der Waals surface area contributed by atoms with Crippen LogP contribution in [0.5, 0.6) is 0 Å². The number of carbonyl (C=O) groups excluding carboxylic acids is 2. The van der Waals surface area contributed by atoms with Gasteiger partial charge in [-0.3, -0.25) is 9.59 Å². The third-order valence-electron chi connectivity index (χ3n) is 5.64. The fraction of sp³-hybridized carbons (Fsp3) is 0.600. The highest BCUT2D eigenvalue weighted by molar-refractivity contribution is 5.98. The van der Waals surface area contributed by atoms with Gasteiger partial charge in [0, 0.05) is 23.9 Å². The average molecular weight is 344 g/mol. The molecule has 1 aliphatic heterocycles. The number of ether oxygens (including phenoxy) is 1. The Kier molecular flexibility index (Phi) is 5.74. The first-order valence-corrected chi connectivity index (χ1v) is 9.38. The summed E-state index contributed by atoms with van der Waals surface area (Å²) < 4.78 is 5.40. The van der Waals surface area contributed by atoms with Crippen molar-refractivity contribution in [1.82, 2.24) is 5.32 Å². The van der Waals surface area contributed by atoms with E-state index in [0.717, 1.165) is 25.7 Å². The van der Waals surface area contributed by atoms with Gasteiger partial charge in [0.2, 0.25) is 0 Å². The van der Waals surface area contributed by atoms with Gasteiger partial charge in [0.25, 0.3) is 11.8 Å². The van der Waals surface area contributed by atoms with Crippen molar-refractivity contribution in [3.63, 3.8) is 0 Å². The maximum absolute atomic E-state index is 12.6. The zero-order valence-corrected chi connectivity index (χ0v) is 15.1. The van der Waals surface area contributed by atoms with Crippen LogP contribution in [0.15, 0.2) is 24.3 Å². The lowest BCUT2D eigenvalue weighted by Gasteiger charge is -2.34. The van der Waals surface area contributed by atoms with Gasteiger partial charge in [-0.1, -0.05) is 32.8 Å². The van der Waals surface area contributed by atoms with E-state index >= 15 is 0 Å². The predicted molar refractivity (Wildman–Crippen MR) is 97.5 cm³/mol. The molecule has 1 aromatic carbocycles. The Bertz CT molecular complexity index is 625. The lowest BCUT2D eigenvalue weighted by atomic mass is 9.78. The van der Waals surface area contributed by atoms with Crippen LogP contribution in [-0.4, -0.2) is 30.6 Å². The second-order valence-corrected chi connectivity index (χ2v) is 7.42. The molecule has 136 valence electrons. The highest BCUT2D eigenvalue weighted by atomic mass is 16.5. The van der Waals surface area contributed by atoms with Gasteiger partial charge in [0.1, 0.15) is 6.10 Å². The van der Waals surface area contributed by atoms with E-state index in [2.05, 4.69) is 24.5 Å². The largest absolute Gasteiger partial charge is 0.368 e. The predicted octanol–water partition coefficient (Wildman–Crippen LogP) is 3.36. The fourth-order valence-electron chi connectivity index (χ4n) is 3.78. The number of amides is 2. The minimum atomic E-state index is -0.373. The molecule has 5 heteroatoms. The van der Waals surface area contributed by atoms with Crippen LogP contribution >= 0.6 is 0 Å². The molecule has 2 amide bonds. The Morgan fingerprint density at radius 2 is 1.96 bits per heavy atom. The summed E-state index contributed by atoms with van der Waals surface area (Å²) in [7, 11) is 0. The highest BCUT2D eigenvalue weighted by Gasteiger charge is 2.28. The molecule has 0 unspecified atom stereocenters. The summed E-state index contributed by atoms with van der Waals surface area (Å²) in [5, 5.41) is 6.03. The van der Waals surface area contributed by atoms with Crippen LogP contribution in [0.1, 0.15) is 56.3 Å². The molecular formula is C20H28N2O3. The summed E-state index contributed by atoms with van der Waals surface area (Å²) in [6.07, 6.45) is 4.73. The Balaban J connectivity index is 1.62. The van der Waals surface area contributed by atoms with Gasteiger partial charge in [-0.2, -0.15) is 0 Å². The number of benzene rings is 1. The molecule has 0 aromatic heterocycles. The summed E-state index contributed by atoms with van der Waals surface area (Å²) in [5.74, 6) is 0.917. The normalized spacial score (nSPS) is 29.2. The van der Waals surface area contributed by atoms with E-state index < -0.39 is 0 Å². The maximum Gasteiger partial charge on any atom is 0.253 e. The van der Waals surface area contributed by atoms with Crippen molar-refractivity contribution in [2.24, 2.45) is 11.8 Å². The van der Waals surface area contributed by atoms with E-state index in [4.69, 9.17) is 4.74 Å². The lowest BCUT2D eigenvalue weighted by Crippen LogP contribution is -2.43. The van der Waals surface area contributed by atoms with Crippen LogP contribution in [-0.2, 0) is 9.53 Å². The molecule has 3 rings (SSSR count). The standard InChI is InChI=1S/C20H28N2O3/c1-13-6-3-9-17(14(13)2)22-19(23)15-7-4-8-16(12-15)21-20(24)18-10-5-11-25-18/h4,7-8,12-14,17-18H,3,5-6,9-11H2,1-2H3,(H,21,24)(H,22,23)/t13-,14-,17+,18-/m1/s1. The number of nitrogens with one attached hydrogen (secondary N) is 2. The molecule has 0 radical (unpaired) electrons. The molecule has 25 heavy (non-hydrogen) atoms. The van der Waals surface area contributed by atoms with Crippen LogP contribution in [0.4, 0.5) is 5.69 Å². The van der Waals surface area contributed by atoms with E-state index in [1.165, 1.54) is 6.42 Å². The maximum atomic E-state index is 12.6. The summed E-state index contributed by atoms with van der Waals surface area (Å²) in [5.41, 5.74) is 1.22. The molecule has 0 bridgehead atoms. The van der Waals surface area contributed by atoms with Gasteiger partial charge < -0.3 is 15.4 Å². The van der Waals surface area contributed by atoms with E-state index in [-0.39, 0.29) is 24.0 Å². The first kappa shape index (κ1) is 17.9. The minimum absolute atomic E-state index is 0.0702. The molecule has 2 fully saturated rings. The molecule has 2 N–H and O–H groups in total. The molecule has 1 saturated heterocycles. The first-order chi connectivity index (χ1) is 12.0. The molecule has 5 nitrogen and oxygen atoms in total. The number of carbonyl (C=O) groups is 2. The topological polar surface area (TPSA) is 67.4 Å². The van der Waals surface area contributed by atoms with Gasteiger partial charge in [-0.05, 0) is 49.3 Å². The Morgan fingerprint density at radius 1 is 1.12 bits per heavy atom. The molecular weight excluding hydrogens is 316 g/mol. The Hall–Kier alpha value is -1.88. The second kappa shape index (κ2) is 8.00. The Labute approximate surface area is 149 Å². The summed E-state index contributed by atoms with van der Waals surface area (Å²) in [4.78, 5) is 24.8. The summed E-state index contributed by atoms with van der Waals surface area (Å²) in [6, 6.07) is 7.34. The van der Waals surface area contributed by atoms with E-state index in [9.17, 15) is 9.59 Å². The number of anilines is 1. The average Bonchev–Trinajstić information content (AvgIpc) is 3.14. The monoisotopic (exact) mass is 344 g/mol. The quantitative estimate of drug-likeness (QED) is 0.880. The van der Waals surface area contributed by atoms with Gasteiger partial charge in [-0.15, -0.1) is 0 Å². The van der Waals surface area contributed by atoms with Crippen molar-refractivity contribution >= 4 is 17.5 Å². The van der Waals surface area contributed by atoms with Crippen LogP contribution in [0.2, 0.25) is 0 Å². The molecule has 1 aliphatic carbocycles. The first-order valence-electron chi connectivity index (χ1n) is 9.38. The van der Waals surface area contributed by atoms with Crippen LogP contribution < -0.4 is 10.6 Å². The van der Waals surface area contributed by atoms with E-state index in [1.54, 1.807) is 24.3 Å². The van der Waals surface area contributed by atoms with Crippen molar-refractivity contribution in [1.29, 1.82) is 0 Å². The SMILES string of the molecule is C[C@@H]1[C@H](C)CCC[C@@H]1NC(=O)c1cccc(NC(=O)[C@H]2CCCO2)c1. The molecule has 4 atom stereocenters. The zero-order chi connectivity index (χ0) is 17.8. The van der Waals surface area contributed by atoms with Crippen LogP contribution in [0.3, 0.4) is 0 Å². The number of hydrogen-bond donors (Lipinski definition) is 2. The van der Waals surface area contributed by atoms with Gasteiger partial charge in [-0.25, -0.2) is 0 Å². The minimum Gasteiger partial charge on any atom is -0.368 e. The van der Waals surface area contributed by atoms with Gasteiger partial charge in [0.15, 0.2) is 0 Å². The van der Waals surface area contributed by atoms with Gasteiger partial charge >= 0.3 is 0 Å². The fourth-order valence-corrected chi connectivity index (χ4v) is 3.78. The number of hydrogen-bond acceptors (Lipinski definition) is 3. The summed E-state index contributed by atoms with van der Waals surface area (Å²) in [6.45, 7) is 5.11. The molecule has 0 spiro atoms. The number of rotatable bonds is 4. The Morgan fingerprint density at radius 3 is 2.72 bits per heavy atom. The highest BCUT2D eigenvalue weighted by Crippen LogP contribution is 2.29. The smallest absolute Gasteiger partial charge is 0.253 e. The molecule has 1 heterocycles. The zero-order valence-electron chi connectivity index (χ0n) is 15.1. The molecule has 1 saturated carbocycles. The summed E-state index contributed by atoms with van der Waals surface area (Å²) >= 11 is 0.